The number of phenols is 1. The fraction of sp³-hybridized carbons (Fsp3) is 0. The van der Waals surface area contributed by atoms with Crippen LogP contribution in [0.5, 0.6) is 5.75 Å². The van der Waals surface area contributed by atoms with Gasteiger partial charge in [-0.2, -0.15) is 0 Å². The molecule has 172 valence electrons. The van der Waals surface area contributed by atoms with E-state index in [1.165, 1.54) is 36.4 Å². The van der Waals surface area contributed by atoms with Crippen LogP contribution in [0.1, 0.15) is 41.4 Å². The van der Waals surface area contributed by atoms with Crippen LogP contribution in [0.4, 0.5) is 11.4 Å². The van der Waals surface area contributed by atoms with Gasteiger partial charge >= 0.3 is 5.97 Å². The van der Waals surface area contributed by atoms with Gasteiger partial charge in [0.05, 0.1) is 33.0 Å². The van der Waals surface area contributed by atoms with Gasteiger partial charge in [-0.1, -0.05) is 41.9 Å². The van der Waals surface area contributed by atoms with Gasteiger partial charge in [0.15, 0.2) is 0 Å². The molecule has 1 aliphatic heterocycles. The average molecular weight is 487 g/mol. The van der Waals surface area contributed by atoms with Crippen molar-refractivity contribution in [2.24, 2.45) is 0 Å². The summed E-state index contributed by atoms with van der Waals surface area (Å²) >= 11 is 6.28. The maximum absolute atomic E-state index is 13.0. The number of carbonyl (C=O) groups is 4. The lowest BCUT2D eigenvalue weighted by atomic mass is 10.0. The second kappa shape index (κ2) is 8.27. The normalized spacial score (nSPS) is 12.7. The van der Waals surface area contributed by atoms with E-state index in [1.54, 1.807) is 18.2 Å². The van der Waals surface area contributed by atoms with Crippen molar-refractivity contribution in [3.05, 3.63) is 100 Å². The zero-order chi connectivity index (χ0) is 24.9. The van der Waals surface area contributed by atoms with Gasteiger partial charge in [-0.15, -0.1) is 0 Å². The number of carboxylic acid groups (broad SMARTS) is 1. The van der Waals surface area contributed by atoms with Crippen LogP contribution in [-0.4, -0.2) is 33.9 Å². The summed E-state index contributed by atoms with van der Waals surface area (Å²) in [6.07, 6.45) is 0. The molecule has 4 aromatic carbocycles. The first-order valence-corrected chi connectivity index (χ1v) is 10.7. The topological polar surface area (TPSA) is 124 Å². The lowest BCUT2D eigenvalue weighted by molar-refractivity contribution is 0.0696. The fourth-order valence-electron chi connectivity index (χ4n) is 3.99. The number of anilines is 2. The summed E-state index contributed by atoms with van der Waals surface area (Å²) in [5.74, 6) is -3.41. The van der Waals surface area contributed by atoms with Crippen molar-refractivity contribution >= 4 is 57.4 Å². The zero-order valence-electron chi connectivity index (χ0n) is 17.8. The number of benzene rings is 4. The number of carbonyl (C=O) groups excluding carboxylic acids is 3. The monoisotopic (exact) mass is 486 g/mol. The number of amides is 3. The van der Waals surface area contributed by atoms with Crippen LogP contribution in [0.15, 0.2) is 72.8 Å². The molecule has 0 fully saturated rings. The third-order valence-corrected chi connectivity index (χ3v) is 6.04. The zero-order valence-corrected chi connectivity index (χ0v) is 18.5. The van der Waals surface area contributed by atoms with Gasteiger partial charge in [0.1, 0.15) is 5.75 Å². The molecule has 1 heterocycles. The fourth-order valence-corrected chi connectivity index (χ4v) is 4.19. The van der Waals surface area contributed by atoms with Crippen molar-refractivity contribution in [3.8, 4) is 5.75 Å². The molecule has 0 radical (unpaired) electrons. The SMILES string of the molecule is O=C(O)c1ccc2c(c1)C(=O)N(c1cc(NC(=O)c3ccc4ccccc4c3O)ccc1Cl)C2=O. The van der Waals surface area contributed by atoms with E-state index in [4.69, 9.17) is 11.6 Å². The predicted octanol–water partition coefficient (Wildman–Crippen LogP) is 4.95. The maximum atomic E-state index is 13.0. The number of aromatic carboxylic acids is 1. The molecule has 0 aliphatic carbocycles. The summed E-state index contributed by atoms with van der Waals surface area (Å²) in [5, 5.41) is 23.8. The molecular weight excluding hydrogens is 472 g/mol. The third-order valence-electron chi connectivity index (χ3n) is 5.72. The van der Waals surface area contributed by atoms with E-state index in [1.807, 2.05) is 12.1 Å². The molecule has 0 bridgehead atoms. The van der Waals surface area contributed by atoms with E-state index < -0.39 is 23.7 Å². The number of nitrogens with one attached hydrogen (secondary N) is 1. The van der Waals surface area contributed by atoms with E-state index in [2.05, 4.69) is 5.32 Å². The van der Waals surface area contributed by atoms with Crippen molar-refractivity contribution in [1.29, 1.82) is 0 Å². The first kappa shape index (κ1) is 22.1. The molecule has 35 heavy (non-hydrogen) atoms. The summed E-state index contributed by atoms with van der Waals surface area (Å²) in [6, 6.07) is 18.2. The Balaban J connectivity index is 1.47. The van der Waals surface area contributed by atoms with Crippen LogP contribution < -0.4 is 10.2 Å². The molecule has 0 unspecified atom stereocenters. The first-order chi connectivity index (χ1) is 16.8. The Labute approximate surface area is 203 Å². The number of carboxylic acids is 1. The molecule has 9 heteroatoms. The third kappa shape index (κ3) is 3.66. The van der Waals surface area contributed by atoms with Gasteiger partial charge in [-0.3, -0.25) is 14.4 Å². The maximum Gasteiger partial charge on any atom is 0.335 e. The number of rotatable bonds is 4. The van der Waals surface area contributed by atoms with Gasteiger partial charge < -0.3 is 15.5 Å². The van der Waals surface area contributed by atoms with Crippen LogP contribution in [0, 0.1) is 0 Å². The van der Waals surface area contributed by atoms with Gasteiger partial charge in [0, 0.05) is 11.1 Å². The molecular formula is C26H15ClN2O6. The highest BCUT2D eigenvalue weighted by Gasteiger charge is 2.38. The number of hydrogen-bond acceptors (Lipinski definition) is 5. The van der Waals surface area contributed by atoms with Crippen LogP contribution >= 0.6 is 11.6 Å². The van der Waals surface area contributed by atoms with Crippen molar-refractivity contribution in [2.75, 3.05) is 10.2 Å². The number of hydrogen-bond donors (Lipinski definition) is 3. The number of phenolic OH excluding ortho intramolecular Hbond substituents is 1. The Morgan fingerprint density at radius 3 is 2.37 bits per heavy atom. The summed E-state index contributed by atoms with van der Waals surface area (Å²) in [7, 11) is 0. The van der Waals surface area contributed by atoms with Gasteiger partial charge in [0.2, 0.25) is 0 Å². The van der Waals surface area contributed by atoms with E-state index in [0.29, 0.717) is 5.39 Å². The number of nitrogens with zero attached hydrogens (tertiary/aromatic N) is 1. The second-order valence-corrected chi connectivity index (χ2v) is 8.22. The molecule has 4 aromatic rings. The van der Waals surface area contributed by atoms with Crippen molar-refractivity contribution in [2.45, 2.75) is 0 Å². The second-order valence-electron chi connectivity index (χ2n) is 7.81. The molecule has 0 atom stereocenters. The molecule has 0 spiro atoms. The first-order valence-electron chi connectivity index (χ1n) is 10.3. The van der Waals surface area contributed by atoms with E-state index in [-0.39, 0.29) is 44.4 Å². The molecule has 3 amide bonds. The smallest absolute Gasteiger partial charge is 0.335 e. The minimum atomic E-state index is -1.23. The summed E-state index contributed by atoms with van der Waals surface area (Å²) < 4.78 is 0. The minimum Gasteiger partial charge on any atom is -0.506 e. The van der Waals surface area contributed by atoms with E-state index in [0.717, 1.165) is 16.4 Å². The Bertz CT molecular complexity index is 1600. The highest BCUT2D eigenvalue weighted by atomic mass is 35.5. The minimum absolute atomic E-state index is 0.0234. The molecule has 1 aliphatic rings. The number of imide groups is 1. The van der Waals surface area contributed by atoms with Gasteiger partial charge in [-0.25, -0.2) is 9.69 Å². The lowest BCUT2D eigenvalue weighted by Crippen LogP contribution is -2.29. The van der Waals surface area contributed by atoms with Crippen LogP contribution in [-0.2, 0) is 0 Å². The van der Waals surface area contributed by atoms with E-state index in [9.17, 15) is 29.4 Å². The van der Waals surface area contributed by atoms with Crippen molar-refractivity contribution in [1.82, 2.24) is 0 Å². The summed E-state index contributed by atoms with van der Waals surface area (Å²) in [5.41, 5.74) is 0.157. The van der Waals surface area contributed by atoms with E-state index >= 15 is 0 Å². The predicted molar refractivity (Wildman–Crippen MR) is 130 cm³/mol. The lowest BCUT2D eigenvalue weighted by Gasteiger charge is -2.17. The Morgan fingerprint density at radius 1 is 0.857 bits per heavy atom. The molecule has 8 nitrogen and oxygen atoms in total. The highest BCUT2D eigenvalue weighted by Crippen LogP contribution is 2.36. The van der Waals surface area contributed by atoms with Crippen LogP contribution in [0.3, 0.4) is 0 Å². The molecule has 0 saturated carbocycles. The molecule has 0 aromatic heterocycles. The van der Waals surface area contributed by atoms with Crippen molar-refractivity contribution < 1.29 is 29.4 Å². The van der Waals surface area contributed by atoms with Crippen LogP contribution in [0.25, 0.3) is 10.8 Å². The summed E-state index contributed by atoms with van der Waals surface area (Å²) in [6.45, 7) is 0. The van der Waals surface area contributed by atoms with Crippen molar-refractivity contribution in [3.63, 3.8) is 0 Å². The molecule has 5 rings (SSSR count). The van der Waals surface area contributed by atoms with Gasteiger partial charge in [-0.05, 0) is 47.9 Å². The summed E-state index contributed by atoms with van der Waals surface area (Å²) in [4.78, 5) is 50.9. The highest BCUT2D eigenvalue weighted by molar-refractivity contribution is 6.40. The Kier molecular flexibility index (Phi) is 5.22. The Hall–Kier alpha value is -4.69. The average Bonchev–Trinajstić information content (AvgIpc) is 3.10. The number of aromatic hydroxyl groups is 1. The quantitative estimate of drug-likeness (QED) is 0.351. The largest absolute Gasteiger partial charge is 0.506 e. The molecule has 3 N–H and O–H groups in total. The number of halogens is 1. The molecule has 0 saturated heterocycles. The standard InChI is InChI=1S/C26H15ClN2O6/c27-20-10-7-15(28-23(31)18-9-5-13-3-1-2-4-16(13)22(18)30)12-21(20)29-24(32)17-8-6-14(26(34)35)11-19(17)25(29)33/h1-12,30H,(H,28,31)(H,34,35). The number of fused-ring (bicyclic) bond motifs is 2. The van der Waals surface area contributed by atoms with Crippen LogP contribution in [0.2, 0.25) is 5.02 Å². The Morgan fingerprint density at radius 2 is 1.60 bits per heavy atom. The van der Waals surface area contributed by atoms with Gasteiger partial charge in [0.25, 0.3) is 17.7 Å².